The second-order valence-corrected chi connectivity index (χ2v) is 9.04. The van der Waals surface area contributed by atoms with E-state index in [9.17, 15) is 4.21 Å². The molecule has 0 bridgehead atoms. The van der Waals surface area contributed by atoms with Crippen LogP contribution in [0.25, 0.3) is 16.6 Å². The monoisotopic (exact) mass is 443 g/mol. The first kappa shape index (κ1) is 20.1. The number of nitrogens with one attached hydrogen (secondary N) is 1. The number of nitrogens with zero attached hydrogens (tertiary/aromatic N) is 4. The van der Waals surface area contributed by atoms with Gasteiger partial charge in [-0.15, -0.1) is 0 Å². The number of fused-ring (bicyclic) bond motifs is 2. The van der Waals surface area contributed by atoms with Crippen LogP contribution in [0.3, 0.4) is 0 Å². The van der Waals surface area contributed by atoms with Crippen molar-refractivity contribution in [1.82, 2.24) is 19.4 Å². The van der Waals surface area contributed by atoms with Crippen molar-refractivity contribution >= 4 is 38.9 Å². The van der Waals surface area contributed by atoms with Crippen molar-refractivity contribution in [3.05, 3.63) is 79.0 Å². The lowest BCUT2D eigenvalue weighted by atomic mass is 10.2. The van der Waals surface area contributed by atoms with Gasteiger partial charge in [0.25, 0.3) is 0 Å². The number of ether oxygens (including phenoxy) is 1. The number of benzene rings is 2. The van der Waals surface area contributed by atoms with Gasteiger partial charge in [0.15, 0.2) is 0 Å². The third-order valence-corrected chi connectivity index (χ3v) is 6.47. The molecule has 5 rings (SSSR count). The summed E-state index contributed by atoms with van der Waals surface area (Å²) in [6.07, 6.45) is 7.09. The van der Waals surface area contributed by atoms with Gasteiger partial charge in [-0.25, -0.2) is 15.0 Å². The summed E-state index contributed by atoms with van der Waals surface area (Å²) < 4.78 is 20.3. The molecule has 0 radical (unpaired) electrons. The molecule has 0 saturated heterocycles. The third kappa shape index (κ3) is 3.92. The summed E-state index contributed by atoms with van der Waals surface area (Å²) in [4.78, 5) is 13.8. The van der Waals surface area contributed by atoms with Crippen molar-refractivity contribution in [2.75, 3.05) is 11.1 Å². The van der Waals surface area contributed by atoms with Gasteiger partial charge in [-0.05, 0) is 55.0 Å². The molecule has 32 heavy (non-hydrogen) atoms. The van der Waals surface area contributed by atoms with Crippen LogP contribution in [0.15, 0.2) is 78.3 Å². The van der Waals surface area contributed by atoms with Crippen molar-refractivity contribution < 1.29 is 8.95 Å². The second-order valence-electron chi connectivity index (χ2n) is 7.30. The molecular formula is C24H21N5O2S. The topological polar surface area (TPSA) is 81.4 Å². The zero-order chi connectivity index (χ0) is 22.1. The molecule has 2 aromatic carbocycles. The number of aromatic nitrogens is 4. The second kappa shape index (κ2) is 8.39. The van der Waals surface area contributed by atoms with Crippen LogP contribution >= 0.6 is 0 Å². The van der Waals surface area contributed by atoms with Gasteiger partial charge in [0, 0.05) is 46.4 Å². The van der Waals surface area contributed by atoms with Crippen LogP contribution < -0.4 is 10.1 Å². The Morgan fingerprint density at radius 2 is 1.94 bits per heavy atom. The molecule has 1 N–H and O–H groups in total. The van der Waals surface area contributed by atoms with E-state index < -0.39 is 10.8 Å². The Kier molecular flexibility index (Phi) is 5.28. The molecule has 1 unspecified atom stereocenters. The first-order valence-electron chi connectivity index (χ1n) is 10.2. The highest BCUT2D eigenvalue weighted by Gasteiger charge is 2.10. The standard InChI is InChI=1S/C24H21N5O2S/c1-3-32(30)19-5-6-21-20(14-19)24(27-15-26-21)28-17-4-7-22(16(2)12-17)31-18-8-10-29-11-9-25-23(29)13-18/h4-15H,3H2,1-2H3,(H,26,27,28). The summed E-state index contributed by atoms with van der Waals surface area (Å²) in [7, 11) is -1.04. The molecule has 8 heteroatoms. The zero-order valence-electron chi connectivity index (χ0n) is 17.6. The van der Waals surface area contributed by atoms with Gasteiger partial charge in [-0.2, -0.15) is 0 Å². The van der Waals surface area contributed by atoms with Crippen LogP contribution in [-0.4, -0.2) is 29.3 Å². The molecule has 0 fully saturated rings. The average molecular weight is 444 g/mol. The van der Waals surface area contributed by atoms with E-state index in [2.05, 4.69) is 20.3 Å². The van der Waals surface area contributed by atoms with Crippen LogP contribution in [0.5, 0.6) is 11.5 Å². The van der Waals surface area contributed by atoms with E-state index in [1.807, 2.05) is 79.2 Å². The highest BCUT2D eigenvalue weighted by Crippen LogP contribution is 2.30. The molecule has 0 amide bonds. The Morgan fingerprint density at radius 3 is 2.78 bits per heavy atom. The van der Waals surface area contributed by atoms with Crippen molar-refractivity contribution in [3.8, 4) is 11.5 Å². The minimum Gasteiger partial charge on any atom is -0.457 e. The molecular weight excluding hydrogens is 422 g/mol. The minimum atomic E-state index is -1.04. The molecule has 7 nitrogen and oxygen atoms in total. The largest absolute Gasteiger partial charge is 0.457 e. The lowest BCUT2D eigenvalue weighted by molar-refractivity contribution is 0.478. The van der Waals surface area contributed by atoms with Crippen molar-refractivity contribution in [2.45, 2.75) is 18.7 Å². The molecule has 0 aliphatic rings. The molecule has 0 spiro atoms. The summed E-state index contributed by atoms with van der Waals surface area (Å²) in [5, 5.41) is 4.20. The van der Waals surface area contributed by atoms with Gasteiger partial charge < -0.3 is 14.5 Å². The maximum absolute atomic E-state index is 12.2. The minimum absolute atomic E-state index is 0.566. The van der Waals surface area contributed by atoms with E-state index in [4.69, 9.17) is 4.74 Å². The zero-order valence-corrected chi connectivity index (χ0v) is 18.5. The van der Waals surface area contributed by atoms with E-state index >= 15 is 0 Å². The third-order valence-electron chi connectivity index (χ3n) is 5.17. The number of rotatable bonds is 6. The van der Waals surface area contributed by atoms with Crippen molar-refractivity contribution in [3.63, 3.8) is 0 Å². The fraction of sp³-hybridized carbons (Fsp3) is 0.125. The van der Waals surface area contributed by atoms with Gasteiger partial charge in [-0.1, -0.05) is 6.92 Å². The van der Waals surface area contributed by atoms with E-state index in [0.717, 1.165) is 44.2 Å². The lowest BCUT2D eigenvalue weighted by Gasteiger charge is -2.13. The maximum atomic E-state index is 12.2. The molecule has 0 aliphatic heterocycles. The van der Waals surface area contributed by atoms with E-state index in [0.29, 0.717) is 11.6 Å². The van der Waals surface area contributed by atoms with Gasteiger partial charge in [0.1, 0.15) is 29.3 Å². The van der Waals surface area contributed by atoms with Crippen molar-refractivity contribution in [2.24, 2.45) is 0 Å². The molecule has 1 atom stereocenters. The van der Waals surface area contributed by atoms with Crippen LogP contribution in [0.4, 0.5) is 11.5 Å². The van der Waals surface area contributed by atoms with Crippen LogP contribution in [-0.2, 0) is 10.8 Å². The quantitative estimate of drug-likeness (QED) is 0.386. The smallest absolute Gasteiger partial charge is 0.141 e. The number of anilines is 2. The van der Waals surface area contributed by atoms with Crippen LogP contribution in [0.2, 0.25) is 0 Å². The predicted molar refractivity (Wildman–Crippen MR) is 126 cm³/mol. The number of hydrogen-bond acceptors (Lipinski definition) is 6. The highest BCUT2D eigenvalue weighted by atomic mass is 32.2. The molecule has 3 aromatic heterocycles. The Balaban J connectivity index is 1.42. The highest BCUT2D eigenvalue weighted by molar-refractivity contribution is 7.85. The molecule has 5 aromatic rings. The van der Waals surface area contributed by atoms with Gasteiger partial charge in [0.2, 0.25) is 0 Å². The number of aryl methyl sites for hydroxylation is 1. The first-order valence-corrected chi connectivity index (χ1v) is 11.5. The number of hydrogen-bond donors (Lipinski definition) is 1. The summed E-state index contributed by atoms with van der Waals surface area (Å²) in [6.45, 7) is 3.90. The van der Waals surface area contributed by atoms with Gasteiger partial charge in [-0.3, -0.25) is 4.21 Å². The summed E-state index contributed by atoms with van der Waals surface area (Å²) in [6, 6.07) is 15.3. The molecule has 160 valence electrons. The number of imidazole rings is 1. The lowest BCUT2D eigenvalue weighted by Crippen LogP contribution is -1.99. The van der Waals surface area contributed by atoms with Crippen molar-refractivity contribution in [1.29, 1.82) is 0 Å². The first-order chi connectivity index (χ1) is 15.6. The summed E-state index contributed by atoms with van der Waals surface area (Å²) >= 11 is 0. The van der Waals surface area contributed by atoms with Gasteiger partial charge >= 0.3 is 0 Å². The van der Waals surface area contributed by atoms with Gasteiger partial charge in [0.05, 0.1) is 16.3 Å². The Hall–Kier alpha value is -3.78. The van der Waals surface area contributed by atoms with E-state index in [1.165, 1.54) is 6.33 Å². The normalized spacial score (nSPS) is 12.2. The maximum Gasteiger partial charge on any atom is 0.141 e. The Morgan fingerprint density at radius 1 is 1.03 bits per heavy atom. The Labute approximate surface area is 187 Å². The Bertz CT molecular complexity index is 1460. The molecule has 0 aliphatic carbocycles. The SMILES string of the molecule is CCS(=O)c1ccc2ncnc(Nc3ccc(Oc4ccn5ccnc5c4)c(C)c3)c2c1. The summed E-state index contributed by atoms with van der Waals surface area (Å²) in [5.74, 6) is 2.73. The summed E-state index contributed by atoms with van der Waals surface area (Å²) in [5.41, 5.74) is 3.48. The average Bonchev–Trinajstić information content (AvgIpc) is 3.28. The fourth-order valence-corrected chi connectivity index (χ4v) is 4.31. The molecule has 0 saturated carbocycles. The van der Waals surface area contributed by atoms with E-state index in [1.54, 1.807) is 6.20 Å². The van der Waals surface area contributed by atoms with Crippen LogP contribution in [0.1, 0.15) is 12.5 Å². The predicted octanol–water partition coefficient (Wildman–Crippen LogP) is 5.25. The van der Waals surface area contributed by atoms with Crippen LogP contribution in [0, 0.1) is 6.92 Å². The molecule has 3 heterocycles. The number of pyridine rings is 1. The fourth-order valence-electron chi connectivity index (χ4n) is 3.50. The van der Waals surface area contributed by atoms with E-state index in [-0.39, 0.29) is 0 Å².